The van der Waals surface area contributed by atoms with E-state index < -0.39 is 11.9 Å². The van der Waals surface area contributed by atoms with Crippen LogP contribution in [-0.2, 0) is 14.3 Å². The first-order chi connectivity index (χ1) is 3.66. The van der Waals surface area contributed by atoms with E-state index in [0.29, 0.717) is 0 Å². The molecule has 3 nitrogen and oxygen atoms in total. The lowest BCUT2D eigenvalue weighted by molar-refractivity contribution is -0.156. The predicted octanol–water partition coefficient (Wildman–Crippen LogP) is -0.0488. The van der Waals surface area contributed by atoms with Crippen LogP contribution in [0.1, 0.15) is 6.92 Å². The number of carbonyl (C=O) groups is 2. The monoisotopic (exact) mass is 134 g/mol. The summed E-state index contributed by atoms with van der Waals surface area (Å²) in [5, 5.41) is 0. The maximum atomic E-state index is 10.2. The van der Waals surface area contributed by atoms with Crippen molar-refractivity contribution < 1.29 is 14.3 Å². The first-order valence-corrected chi connectivity index (χ1v) is 2.89. The highest BCUT2D eigenvalue weighted by molar-refractivity contribution is 7.18. The van der Waals surface area contributed by atoms with Crippen molar-refractivity contribution in [3.8, 4) is 0 Å². The molecule has 1 atom stereocenters. The van der Waals surface area contributed by atoms with Crippen LogP contribution in [0.5, 0.6) is 0 Å². The van der Waals surface area contributed by atoms with Gasteiger partial charge in [-0.3, -0.25) is 9.59 Å². The van der Waals surface area contributed by atoms with Crippen molar-refractivity contribution in [1.29, 1.82) is 0 Å². The molecule has 0 rings (SSSR count). The van der Waals surface area contributed by atoms with Gasteiger partial charge in [-0.15, -0.1) is 9.24 Å². The quantitative estimate of drug-likeness (QED) is 0.287. The van der Waals surface area contributed by atoms with Gasteiger partial charge < -0.3 is 4.74 Å². The Morgan fingerprint density at radius 2 is 2.12 bits per heavy atom. The van der Waals surface area contributed by atoms with Gasteiger partial charge in [0.25, 0.3) is 0 Å². The van der Waals surface area contributed by atoms with Crippen molar-refractivity contribution in [2.75, 3.05) is 6.16 Å². The van der Waals surface area contributed by atoms with Crippen LogP contribution in [0, 0.1) is 0 Å². The summed E-state index contributed by atoms with van der Waals surface area (Å²) in [6.07, 6.45) is 0.166. The number of hydrogen-bond donors (Lipinski definition) is 0. The molecule has 0 heterocycles. The minimum Gasteiger partial charge on any atom is -0.393 e. The fraction of sp³-hybridized carbons (Fsp3) is 0.500. The van der Waals surface area contributed by atoms with E-state index >= 15 is 0 Å². The fourth-order valence-electron chi connectivity index (χ4n) is 0.202. The zero-order chi connectivity index (χ0) is 6.57. The van der Waals surface area contributed by atoms with Gasteiger partial charge in [0, 0.05) is 6.92 Å². The molecule has 0 aliphatic heterocycles. The minimum absolute atomic E-state index is 0.166. The topological polar surface area (TPSA) is 43.4 Å². The zero-order valence-electron chi connectivity index (χ0n) is 4.51. The second kappa shape index (κ2) is 3.56. The van der Waals surface area contributed by atoms with E-state index in [-0.39, 0.29) is 6.16 Å². The Kier molecular flexibility index (Phi) is 3.37. The lowest BCUT2D eigenvalue weighted by atomic mass is 10.7. The molecule has 0 fully saturated rings. The first kappa shape index (κ1) is 7.57. The summed E-state index contributed by atoms with van der Waals surface area (Å²) in [5.74, 6) is -1.07. The summed E-state index contributed by atoms with van der Waals surface area (Å²) < 4.78 is 4.10. The Balaban J connectivity index is 3.40. The van der Waals surface area contributed by atoms with Crippen molar-refractivity contribution in [3.05, 3.63) is 0 Å². The highest BCUT2D eigenvalue weighted by atomic mass is 31.0. The van der Waals surface area contributed by atoms with Crippen LogP contribution < -0.4 is 0 Å². The van der Waals surface area contributed by atoms with Gasteiger partial charge in [0.1, 0.15) is 0 Å². The Bertz CT molecular complexity index is 110. The molecule has 0 bridgehead atoms. The Morgan fingerprint density at radius 3 is 2.25 bits per heavy atom. The van der Waals surface area contributed by atoms with Gasteiger partial charge in [-0.05, 0) is 0 Å². The molecule has 0 amide bonds. The molecule has 8 heavy (non-hydrogen) atoms. The molecule has 0 radical (unpaired) electrons. The van der Waals surface area contributed by atoms with Crippen LogP contribution in [-0.4, -0.2) is 18.1 Å². The third-order valence-corrected chi connectivity index (χ3v) is 0.758. The third kappa shape index (κ3) is 3.75. The normalized spacial score (nSPS) is 8.25. The molecule has 0 aliphatic rings. The maximum absolute atomic E-state index is 10.2. The van der Waals surface area contributed by atoms with Crippen molar-refractivity contribution in [1.82, 2.24) is 0 Å². The Labute approximate surface area is 49.6 Å². The van der Waals surface area contributed by atoms with E-state index in [1.165, 1.54) is 6.92 Å². The van der Waals surface area contributed by atoms with E-state index in [0.717, 1.165) is 0 Å². The molecule has 0 saturated carbocycles. The maximum Gasteiger partial charge on any atom is 0.317 e. The molecule has 1 unspecified atom stereocenters. The van der Waals surface area contributed by atoms with Crippen LogP contribution >= 0.6 is 9.24 Å². The lowest BCUT2D eigenvalue weighted by Gasteiger charge is -1.91. The summed E-state index contributed by atoms with van der Waals surface area (Å²) >= 11 is 0. The average molecular weight is 134 g/mol. The largest absolute Gasteiger partial charge is 0.393 e. The molecular formula is C4H7O3P. The van der Waals surface area contributed by atoms with E-state index in [9.17, 15) is 9.59 Å². The second-order valence-electron chi connectivity index (χ2n) is 1.17. The molecule has 0 spiro atoms. The number of ether oxygens (including phenoxy) is 1. The predicted molar refractivity (Wildman–Crippen MR) is 31.3 cm³/mol. The summed E-state index contributed by atoms with van der Waals surface area (Å²) in [6.45, 7) is 1.19. The van der Waals surface area contributed by atoms with Gasteiger partial charge in [-0.2, -0.15) is 0 Å². The van der Waals surface area contributed by atoms with Gasteiger partial charge >= 0.3 is 11.9 Å². The standard InChI is InChI=1S/C4H7O3P/c1-3(5)7-4(6)2-8/h2,8H2,1H3. The minimum atomic E-state index is -0.558. The molecule has 0 aliphatic carbocycles. The zero-order valence-corrected chi connectivity index (χ0v) is 5.66. The molecular weight excluding hydrogens is 127 g/mol. The van der Waals surface area contributed by atoms with Gasteiger partial charge in [0.2, 0.25) is 0 Å². The van der Waals surface area contributed by atoms with Crippen molar-refractivity contribution in [2.45, 2.75) is 6.92 Å². The molecule has 0 aromatic rings. The van der Waals surface area contributed by atoms with Crippen LogP contribution in [0.2, 0.25) is 0 Å². The van der Waals surface area contributed by atoms with Crippen molar-refractivity contribution in [2.24, 2.45) is 0 Å². The van der Waals surface area contributed by atoms with E-state index in [1.54, 1.807) is 0 Å². The van der Waals surface area contributed by atoms with Crippen LogP contribution in [0.4, 0.5) is 0 Å². The number of carbonyl (C=O) groups excluding carboxylic acids is 2. The Morgan fingerprint density at radius 1 is 1.62 bits per heavy atom. The van der Waals surface area contributed by atoms with Gasteiger partial charge in [-0.1, -0.05) is 0 Å². The molecule has 46 valence electrons. The van der Waals surface area contributed by atoms with Crippen molar-refractivity contribution >= 4 is 21.2 Å². The molecule has 0 saturated heterocycles. The van der Waals surface area contributed by atoms with E-state index in [2.05, 4.69) is 14.0 Å². The summed E-state index contributed by atoms with van der Waals surface area (Å²) in [6, 6.07) is 0. The third-order valence-electron chi connectivity index (χ3n) is 0.424. The van der Waals surface area contributed by atoms with Gasteiger partial charge in [0.15, 0.2) is 0 Å². The highest BCUT2D eigenvalue weighted by Crippen LogP contribution is 1.84. The lowest BCUT2D eigenvalue weighted by Crippen LogP contribution is -2.09. The van der Waals surface area contributed by atoms with Gasteiger partial charge in [0.05, 0.1) is 6.16 Å². The van der Waals surface area contributed by atoms with Crippen LogP contribution in [0.25, 0.3) is 0 Å². The SMILES string of the molecule is CC(=O)OC(=O)CP. The highest BCUT2D eigenvalue weighted by Gasteiger charge is 1.99. The molecule has 0 N–H and O–H groups in total. The fourth-order valence-corrected chi connectivity index (χ4v) is 0.285. The van der Waals surface area contributed by atoms with Crippen molar-refractivity contribution in [3.63, 3.8) is 0 Å². The average Bonchev–Trinajstić information content (AvgIpc) is 1.65. The second-order valence-corrected chi connectivity index (χ2v) is 1.58. The smallest absolute Gasteiger partial charge is 0.317 e. The Hall–Kier alpha value is -0.430. The number of esters is 2. The first-order valence-electron chi connectivity index (χ1n) is 2.08. The van der Waals surface area contributed by atoms with E-state index in [4.69, 9.17) is 0 Å². The van der Waals surface area contributed by atoms with Crippen LogP contribution in [0.3, 0.4) is 0 Å². The van der Waals surface area contributed by atoms with E-state index in [1.807, 2.05) is 0 Å². The summed E-state index contributed by atoms with van der Waals surface area (Å²) in [5.41, 5.74) is 0. The molecule has 0 aromatic carbocycles. The molecule has 0 aromatic heterocycles. The number of hydrogen-bond acceptors (Lipinski definition) is 3. The summed E-state index contributed by atoms with van der Waals surface area (Å²) in [7, 11) is 2.16. The summed E-state index contributed by atoms with van der Waals surface area (Å²) in [4.78, 5) is 20.1. The number of rotatable bonds is 1. The molecule has 4 heteroatoms. The van der Waals surface area contributed by atoms with Gasteiger partial charge in [-0.25, -0.2) is 0 Å². The van der Waals surface area contributed by atoms with Crippen LogP contribution in [0.15, 0.2) is 0 Å².